The van der Waals surface area contributed by atoms with E-state index < -0.39 is 0 Å². The molecule has 2 N–H and O–H groups in total. The Morgan fingerprint density at radius 2 is 2.24 bits per heavy atom. The molecule has 0 aliphatic rings. The zero-order valence-electron chi connectivity index (χ0n) is 9.59. The molecular weight excluding hydrogens is 232 g/mol. The summed E-state index contributed by atoms with van der Waals surface area (Å²) in [7, 11) is 1.79. The third kappa shape index (κ3) is 2.85. The molecule has 1 aromatic heterocycles. The maximum atomic E-state index is 12.0. The van der Waals surface area contributed by atoms with Crippen molar-refractivity contribution in [2.45, 2.75) is 6.54 Å². The predicted molar refractivity (Wildman–Crippen MR) is 71.0 cm³/mol. The summed E-state index contributed by atoms with van der Waals surface area (Å²) in [6.45, 7) is 0.569. The Hall–Kier alpha value is -1.81. The van der Waals surface area contributed by atoms with Crippen LogP contribution in [0.15, 0.2) is 41.1 Å². The number of thiophene rings is 1. The van der Waals surface area contributed by atoms with Gasteiger partial charge < -0.3 is 10.6 Å². The Labute approximate surface area is 104 Å². The maximum Gasteiger partial charge on any atom is 0.254 e. The van der Waals surface area contributed by atoms with E-state index in [1.165, 1.54) is 11.3 Å². The maximum absolute atomic E-state index is 12.0. The fourth-order valence-electron chi connectivity index (χ4n) is 1.64. The summed E-state index contributed by atoms with van der Waals surface area (Å²) in [6.07, 6.45) is 0. The van der Waals surface area contributed by atoms with Crippen LogP contribution in [0.1, 0.15) is 15.9 Å². The molecule has 0 radical (unpaired) electrons. The van der Waals surface area contributed by atoms with Crippen molar-refractivity contribution < 1.29 is 4.79 Å². The van der Waals surface area contributed by atoms with E-state index in [4.69, 9.17) is 5.73 Å². The monoisotopic (exact) mass is 246 g/mol. The number of hydrogen-bond acceptors (Lipinski definition) is 3. The van der Waals surface area contributed by atoms with E-state index in [1.54, 1.807) is 11.9 Å². The van der Waals surface area contributed by atoms with Crippen molar-refractivity contribution in [1.82, 2.24) is 4.90 Å². The first-order valence-electron chi connectivity index (χ1n) is 5.29. The summed E-state index contributed by atoms with van der Waals surface area (Å²) in [5.74, 6) is 0.0358. The molecule has 0 bridgehead atoms. The highest BCUT2D eigenvalue weighted by molar-refractivity contribution is 7.08. The van der Waals surface area contributed by atoms with E-state index in [2.05, 4.69) is 0 Å². The minimum Gasteiger partial charge on any atom is -0.399 e. The van der Waals surface area contributed by atoms with Crippen molar-refractivity contribution in [2.75, 3.05) is 12.8 Å². The van der Waals surface area contributed by atoms with Crippen molar-refractivity contribution >= 4 is 22.9 Å². The van der Waals surface area contributed by atoms with Gasteiger partial charge in [0, 0.05) is 24.7 Å². The van der Waals surface area contributed by atoms with Gasteiger partial charge in [0.25, 0.3) is 5.91 Å². The van der Waals surface area contributed by atoms with E-state index in [1.807, 2.05) is 41.1 Å². The average Bonchev–Trinajstić information content (AvgIpc) is 2.81. The standard InChI is InChI=1S/C13H14N2OS/c1-15(13(16)11-5-6-17-9-11)8-10-3-2-4-12(14)7-10/h2-7,9H,8,14H2,1H3. The first-order valence-corrected chi connectivity index (χ1v) is 6.23. The topological polar surface area (TPSA) is 46.3 Å². The summed E-state index contributed by atoms with van der Waals surface area (Å²) in [5.41, 5.74) is 8.20. The van der Waals surface area contributed by atoms with Crippen molar-refractivity contribution in [3.05, 3.63) is 52.2 Å². The molecule has 0 saturated carbocycles. The molecule has 3 nitrogen and oxygen atoms in total. The fraction of sp³-hybridized carbons (Fsp3) is 0.154. The van der Waals surface area contributed by atoms with Gasteiger partial charge in [-0.25, -0.2) is 0 Å². The van der Waals surface area contributed by atoms with Crippen LogP contribution in [0.2, 0.25) is 0 Å². The number of carbonyl (C=O) groups is 1. The van der Waals surface area contributed by atoms with E-state index >= 15 is 0 Å². The Balaban J connectivity index is 2.07. The molecule has 1 amide bonds. The molecule has 4 heteroatoms. The van der Waals surface area contributed by atoms with E-state index in [0.717, 1.165) is 16.8 Å². The molecule has 2 rings (SSSR count). The van der Waals surface area contributed by atoms with Gasteiger partial charge in [0.05, 0.1) is 5.56 Å². The molecule has 0 spiro atoms. The number of nitrogen functional groups attached to an aromatic ring is 1. The molecule has 88 valence electrons. The Kier molecular flexibility index (Phi) is 3.44. The Morgan fingerprint density at radius 3 is 2.88 bits per heavy atom. The summed E-state index contributed by atoms with van der Waals surface area (Å²) >= 11 is 1.53. The zero-order valence-corrected chi connectivity index (χ0v) is 10.4. The number of hydrogen-bond donors (Lipinski definition) is 1. The molecule has 0 fully saturated rings. The summed E-state index contributed by atoms with van der Waals surface area (Å²) < 4.78 is 0. The van der Waals surface area contributed by atoms with Gasteiger partial charge in [-0.2, -0.15) is 11.3 Å². The molecule has 1 heterocycles. The average molecular weight is 246 g/mol. The Morgan fingerprint density at radius 1 is 1.41 bits per heavy atom. The molecule has 0 aliphatic carbocycles. The minimum atomic E-state index is 0.0358. The molecule has 0 atom stereocenters. The molecule has 0 unspecified atom stereocenters. The zero-order chi connectivity index (χ0) is 12.3. The van der Waals surface area contributed by atoms with Crippen LogP contribution in [-0.4, -0.2) is 17.9 Å². The molecular formula is C13H14N2OS. The van der Waals surface area contributed by atoms with Crippen LogP contribution in [0.3, 0.4) is 0 Å². The molecule has 0 aliphatic heterocycles. The second-order valence-electron chi connectivity index (χ2n) is 3.92. The van der Waals surface area contributed by atoms with Gasteiger partial charge >= 0.3 is 0 Å². The molecule has 1 aromatic carbocycles. The second-order valence-corrected chi connectivity index (χ2v) is 4.70. The third-order valence-electron chi connectivity index (χ3n) is 2.49. The van der Waals surface area contributed by atoms with Crippen LogP contribution in [0.4, 0.5) is 5.69 Å². The lowest BCUT2D eigenvalue weighted by molar-refractivity contribution is 0.0785. The lowest BCUT2D eigenvalue weighted by Gasteiger charge is -2.16. The first kappa shape index (κ1) is 11.7. The largest absolute Gasteiger partial charge is 0.399 e. The number of rotatable bonds is 3. The number of benzene rings is 1. The normalized spacial score (nSPS) is 10.2. The van der Waals surface area contributed by atoms with Crippen LogP contribution in [0.5, 0.6) is 0 Å². The highest BCUT2D eigenvalue weighted by Gasteiger charge is 2.11. The summed E-state index contributed by atoms with van der Waals surface area (Å²) in [5, 5.41) is 3.76. The van der Waals surface area contributed by atoms with Crippen LogP contribution < -0.4 is 5.73 Å². The first-order chi connectivity index (χ1) is 8.16. The van der Waals surface area contributed by atoms with Gasteiger partial charge in [0.15, 0.2) is 0 Å². The van der Waals surface area contributed by atoms with Crippen molar-refractivity contribution in [2.24, 2.45) is 0 Å². The smallest absolute Gasteiger partial charge is 0.254 e. The molecule has 2 aromatic rings. The quantitative estimate of drug-likeness (QED) is 0.846. The van der Waals surface area contributed by atoms with Crippen molar-refractivity contribution in [3.63, 3.8) is 0 Å². The van der Waals surface area contributed by atoms with Gasteiger partial charge in [0.2, 0.25) is 0 Å². The van der Waals surface area contributed by atoms with E-state index in [-0.39, 0.29) is 5.91 Å². The van der Waals surface area contributed by atoms with Crippen LogP contribution in [-0.2, 0) is 6.54 Å². The number of anilines is 1. The van der Waals surface area contributed by atoms with Gasteiger partial charge in [-0.05, 0) is 29.1 Å². The van der Waals surface area contributed by atoms with Gasteiger partial charge in [-0.3, -0.25) is 4.79 Å². The second kappa shape index (κ2) is 5.01. The van der Waals surface area contributed by atoms with Crippen LogP contribution in [0.25, 0.3) is 0 Å². The predicted octanol–water partition coefficient (Wildman–Crippen LogP) is 2.60. The summed E-state index contributed by atoms with van der Waals surface area (Å²) in [4.78, 5) is 13.7. The minimum absolute atomic E-state index is 0.0358. The summed E-state index contributed by atoms with van der Waals surface area (Å²) in [6, 6.07) is 9.42. The van der Waals surface area contributed by atoms with Crippen LogP contribution >= 0.6 is 11.3 Å². The highest BCUT2D eigenvalue weighted by Crippen LogP contribution is 2.13. The van der Waals surface area contributed by atoms with Crippen LogP contribution in [0, 0.1) is 0 Å². The lowest BCUT2D eigenvalue weighted by atomic mass is 10.2. The third-order valence-corrected chi connectivity index (χ3v) is 3.17. The number of nitrogens with two attached hydrogens (primary N) is 1. The van der Waals surface area contributed by atoms with E-state index in [9.17, 15) is 4.79 Å². The SMILES string of the molecule is CN(Cc1cccc(N)c1)C(=O)c1ccsc1. The molecule has 0 saturated heterocycles. The van der Waals surface area contributed by atoms with Crippen molar-refractivity contribution in [3.8, 4) is 0 Å². The van der Waals surface area contributed by atoms with Gasteiger partial charge in [-0.1, -0.05) is 12.1 Å². The lowest BCUT2D eigenvalue weighted by Crippen LogP contribution is -2.25. The number of nitrogens with zero attached hydrogens (tertiary/aromatic N) is 1. The van der Waals surface area contributed by atoms with E-state index in [0.29, 0.717) is 6.54 Å². The van der Waals surface area contributed by atoms with Crippen molar-refractivity contribution in [1.29, 1.82) is 0 Å². The number of carbonyl (C=O) groups excluding carboxylic acids is 1. The van der Waals surface area contributed by atoms with Gasteiger partial charge in [-0.15, -0.1) is 0 Å². The fourth-order valence-corrected chi connectivity index (χ4v) is 2.27. The molecule has 17 heavy (non-hydrogen) atoms. The number of amides is 1. The Bertz CT molecular complexity index is 508. The van der Waals surface area contributed by atoms with Gasteiger partial charge in [0.1, 0.15) is 0 Å². The highest BCUT2D eigenvalue weighted by atomic mass is 32.1.